The molecule has 2 rings (SSSR count). The summed E-state index contributed by atoms with van der Waals surface area (Å²) in [4.78, 5) is 0. The van der Waals surface area contributed by atoms with Gasteiger partial charge in [-0.25, -0.2) is 0 Å². The van der Waals surface area contributed by atoms with Crippen LogP contribution in [0.3, 0.4) is 0 Å². The van der Waals surface area contributed by atoms with Gasteiger partial charge >= 0.3 is 0 Å². The lowest BCUT2D eigenvalue weighted by atomic mass is 10.0. The quantitative estimate of drug-likeness (QED) is 0.637. The number of hydrazine groups is 1. The normalized spacial score (nSPS) is 12.7. The van der Waals surface area contributed by atoms with Crippen molar-refractivity contribution in [3.05, 3.63) is 50.7 Å². The molecular formula is C14H18BrClN4. The van der Waals surface area contributed by atoms with Crippen LogP contribution < -0.4 is 11.3 Å². The first kappa shape index (κ1) is 15.5. The van der Waals surface area contributed by atoms with Crippen molar-refractivity contribution in [2.45, 2.75) is 32.9 Å². The second-order valence-corrected chi connectivity index (χ2v) is 5.97. The number of benzene rings is 1. The standard InChI is InChI=1S/C14H18BrClN4/c1-3-20-11(6-9(2)19-20)8-14(18-17)12-5-4-10(16)7-13(12)15/h4-7,14,18H,3,8,17H2,1-2H3. The minimum Gasteiger partial charge on any atom is -0.271 e. The van der Waals surface area contributed by atoms with Crippen molar-refractivity contribution in [1.82, 2.24) is 15.2 Å². The average molecular weight is 358 g/mol. The summed E-state index contributed by atoms with van der Waals surface area (Å²) in [5.41, 5.74) is 6.14. The molecule has 3 N–H and O–H groups in total. The van der Waals surface area contributed by atoms with Crippen molar-refractivity contribution in [1.29, 1.82) is 0 Å². The zero-order chi connectivity index (χ0) is 14.7. The Morgan fingerprint density at radius 1 is 1.45 bits per heavy atom. The van der Waals surface area contributed by atoms with E-state index in [2.05, 4.69) is 39.4 Å². The number of halogens is 2. The van der Waals surface area contributed by atoms with Crippen molar-refractivity contribution >= 4 is 27.5 Å². The number of rotatable bonds is 5. The molecule has 1 unspecified atom stereocenters. The van der Waals surface area contributed by atoms with Crippen LogP contribution in [0, 0.1) is 6.92 Å². The van der Waals surface area contributed by atoms with Gasteiger partial charge < -0.3 is 0 Å². The molecule has 1 aromatic heterocycles. The molecule has 0 aliphatic carbocycles. The Labute approximate surface area is 132 Å². The number of hydrogen-bond acceptors (Lipinski definition) is 3. The van der Waals surface area contributed by atoms with E-state index >= 15 is 0 Å². The first-order valence-corrected chi connectivity index (χ1v) is 7.66. The van der Waals surface area contributed by atoms with Crippen LogP contribution in [0.1, 0.15) is 29.9 Å². The Bertz CT molecular complexity index is 597. The molecule has 1 aromatic carbocycles. The van der Waals surface area contributed by atoms with E-state index < -0.39 is 0 Å². The number of aryl methyl sites for hydroxylation is 2. The van der Waals surface area contributed by atoms with E-state index in [1.165, 1.54) is 0 Å². The highest BCUT2D eigenvalue weighted by atomic mass is 79.9. The Hall–Kier alpha value is -0.880. The molecule has 0 aliphatic rings. The molecule has 108 valence electrons. The van der Waals surface area contributed by atoms with Gasteiger partial charge in [0.1, 0.15) is 0 Å². The fourth-order valence-electron chi connectivity index (χ4n) is 2.29. The summed E-state index contributed by atoms with van der Waals surface area (Å²) in [5, 5.41) is 5.16. The summed E-state index contributed by atoms with van der Waals surface area (Å²) in [7, 11) is 0. The molecule has 0 amide bonds. The maximum Gasteiger partial charge on any atom is 0.0596 e. The van der Waals surface area contributed by atoms with Crippen LogP contribution >= 0.6 is 27.5 Å². The fraction of sp³-hybridized carbons (Fsp3) is 0.357. The van der Waals surface area contributed by atoms with Crippen LogP contribution in [0.15, 0.2) is 28.7 Å². The summed E-state index contributed by atoms with van der Waals surface area (Å²) in [6.45, 7) is 4.93. The number of hydrogen-bond donors (Lipinski definition) is 2. The zero-order valence-corrected chi connectivity index (χ0v) is 13.9. The molecule has 1 heterocycles. The van der Waals surface area contributed by atoms with Crippen LogP contribution in [0.2, 0.25) is 5.02 Å². The van der Waals surface area contributed by atoms with E-state index in [0.29, 0.717) is 5.02 Å². The molecule has 0 spiro atoms. The van der Waals surface area contributed by atoms with Gasteiger partial charge in [-0.3, -0.25) is 16.0 Å². The lowest BCUT2D eigenvalue weighted by molar-refractivity contribution is 0.515. The summed E-state index contributed by atoms with van der Waals surface area (Å²) in [6, 6.07) is 7.83. The van der Waals surface area contributed by atoms with Gasteiger partial charge in [-0.1, -0.05) is 33.6 Å². The molecule has 1 atom stereocenters. The molecule has 0 saturated heterocycles. The van der Waals surface area contributed by atoms with Gasteiger partial charge in [-0.2, -0.15) is 5.10 Å². The smallest absolute Gasteiger partial charge is 0.0596 e. The lowest BCUT2D eigenvalue weighted by Gasteiger charge is -2.18. The van der Waals surface area contributed by atoms with Crippen LogP contribution in [-0.2, 0) is 13.0 Å². The molecule has 0 bridgehead atoms. The van der Waals surface area contributed by atoms with E-state index in [9.17, 15) is 0 Å². The largest absolute Gasteiger partial charge is 0.271 e. The van der Waals surface area contributed by atoms with Crippen LogP contribution in [-0.4, -0.2) is 9.78 Å². The van der Waals surface area contributed by atoms with Gasteiger partial charge in [-0.15, -0.1) is 0 Å². The third-order valence-corrected chi connectivity index (χ3v) is 4.16. The summed E-state index contributed by atoms with van der Waals surface area (Å²) < 4.78 is 2.95. The zero-order valence-electron chi connectivity index (χ0n) is 11.5. The van der Waals surface area contributed by atoms with Crippen molar-refractivity contribution in [2.75, 3.05) is 0 Å². The molecule has 4 nitrogen and oxygen atoms in total. The van der Waals surface area contributed by atoms with Gasteiger partial charge in [0.15, 0.2) is 0 Å². The maximum absolute atomic E-state index is 5.98. The van der Waals surface area contributed by atoms with E-state index in [-0.39, 0.29) is 6.04 Å². The van der Waals surface area contributed by atoms with E-state index in [1.54, 1.807) is 0 Å². The molecule has 0 aliphatic heterocycles. The monoisotopic (exact) mass is 356 g/mol. The average Bonchev–Trinajstić information content (AvgIpc) is 2.76. The van der Waals surface area contributed by atoms with Crippen molar-refractivity contribution in [3.63, 3.8) is 0 Å². The SMILES string of the molecule is CCn1nc(C)cc1CC(NN)c1ccc(Cl)cc1Br. The second-order valence-electron chi connectivity index (χ2n) is 4.68. The highest BCUT2D eigenvalue weighted by molar-refractivity contribution is 9.10. The predicted molar refractivity (Wildman–Crippen MR) is 85.6 cm³/mol. The van der Waals surface area contributed by atoms with Crippen LogP contribution in [0.5, 0.6) is 0 Å². The molecule has 0 fully saturated rings. The molecule has 20 heavy (non-hydrogen) atoms. The van der Waals surface area contributed by atoms with Crippen molar-refractivity contribution in [3.8, 4) is 0 Å². The highest BCUT2D eigenvalue weighted by Gasteiger charge is 2.16. The first-order valence-electron chi connectivity index (χ1n) is 6.49. The molecular weight excluding hydrogens is 340 g/mol. The topological polar surface area (TPSA) is 55.9 Å². The Balaban J connectivity index is 2.28. The molecule has 0 radical (unpaired) electrons. The van der Waals surface area contributed by atoms with Crippen molar-refractivity contribution in [2.24, 2.45) is 5.84 Å². The number of nitrogens with one attached hydrogen (secondary N) is 1. The fourth-order valence-corrected chi connectivity index (χ4v) is 3.25. The van der Waals surface area contributed by atoms with Gasteiger partial charge in [0.25, 0.3) is 0 Å². The van der Waals surface area contributed by atoms with Gasteiger partial charge in [0.2, 0.25) is 0 Å². The summed E-state index contributed by atoms with van der Waals surface area (Å²) in [6.07, 6.45) is 0.769. The highest BCUT2D eigenvalue weighted by Crippen LogP contribution is 2.28. The Morgan fingerprint density at radius 2 is 2.20 bits per heavy atom. The molecule has 0 saturated carbocycles. The number of nitrogens with zero attached hydrogens (tertiary/aromatic N) is 2. The van der Waals surface area contributed by atoms with Gasteiger partial charge in [-0.05, 0) is 37.6 Å². The van der Waals surface area contributed by atoms with E-state index in [1.807, 2.05) is 29.8 Å². The van der Waals surface area contributed by atoms with Gasteiger partial charge in [0.05, 0.1) is 11.7 Å². The third kappa shape index (κ3) is 3.41. The third-order valence-electron chi connectivity index (χ3n) is 3.24. The summed E-state index contributed by atoms with van der Waals surface area (Å²) >= 11 is 9.52. The predicted octanol–water partition coefficient (Wildman–Crippen LogP) is 3.37. The van der Waals surface area contributed by atoms with Gasteiger partial charge in [0, 0.05) is 28.2 Å². The van der Waals surface area contributed by atoms with Crippen LogP contribution in [0.4, 0.5) is 0 Å². The molecule has 6 heteroatoms. The van der Waals surface area contributed by atoms with E-state index in [4.69, 9.17) is 17.4 Å². The number of aromatic nitrogens is 2. The lowest BCUT2D eigenvalue weighted by Crippen LogP contribution is -2.30. The molecule has 2 aromatic rings. The Kier molecular flexibility index (Phi) is 5.21. The Morgan fingerprint density at radius 3 is 2.80 bits per heavy atom. The maximum atomic E-state index is 5.98. The first-order chi connectivity index (χ1) is 9.55. The van der Waals surface area contributed by atoms with Crippen molar-refractivity contribution < 1.29 is 0 Å². The second kappa shape index (κ2) is 6.72. The number of nitrogens with two attached hydrogens (primary N) is 1. The van der Waals surface area contributed by atoms with Crippen LogP contribution in [0.25, 0.3) is 0 Å². The van der Waals surface area contributed by atoms with E-state index in [0.717, 1.165) is 34.4 Å². The summed E-state index contributed by atoms with van der Waals surface area (Å²) in [5.74, 6) is 5.72. The minimum absolute atomic E-state index is 0.00282. The minimum atomic E-state index is 0.00282.